The van der Waals surface area contributed by atoms with Crippen molar-refractivity contribution in [3.8, 4) is 6.07 Å². The molecule has 5 heteroatoms. The molecular formula is C10H10ClNO2S. The summed E-state index contributed by atoms with van der Waals surface area (Å²) in [4.78, 5) is -0.103. The van der Waals surface area contributed by atoms with Gasteiger partial charge in [-0.15, -0.1) is 0 Å². The minimum Gasteiger partial charge on any atom is -0.207 e. The molecule has 0 aliphatic carbocycles. The van der Waals surface area contributed by atoms with E-state index in [-0.39, 0.29) is 10.5 Å². The van der Waals surface area contributed by atoms with E-state index in [1.807, 2.05) is 19.9 Å². The van der Waals surface area contributed by atoms with Crippen LogP contribution in [-0.2, 0) is 15.5 Å². The van der Waals surface area contributed by atoms with Crippen LogP contribution in [0.2, 0.25) is 0 Å². The van der Waals surface area contributed by atoms with Gasteiger partial charge in [0.2, 0.25) is 0 Å². The molecule has 0 saturated heterocycles. The summed E-state index contributed by atoms with van der Waals surface area (Å²) in [5.41, 5.74) is 1.88. The topological polar surface area (TPSA) is 57.9 Å². The molecule has 0 aliphatic rings. The Hall–Kier alpha value is -1.05. The van der Waals surface area contributed by atoms with Crippen molar-refractivity contribution in [3.05, 3.63) is 28.8 Å². The summed E-state index contributed by atoms with van der Waals surface area (Å²) in [6, 6.07) is 4.85. The monoisotopic (exact) mass is 243 g/mol. The fraction of sp³-hybridized carbons (Fsp3) is 0.300. The molecule has 0 N–H and O–H groups in total. The van der Waals surface area contributed by atoms with E-state index < -0.39 is 9.05 Å². The average molecular weight is 244 g/mol. The standard InChI is InChI=1S/C10H10ClNO2S/c1-3-8-5-10(15(11,13)14)9(6-12)4-7(8)2/h4-5H,3H2,1-2H3. The maximum absolute atomic E-state index is 11.2. The molecule has 0 radical (unpaired) electrons. The molecule has 80 valence electrons. The number of hydrogen-bond acceptors (Lipinski definition) is 3. The zero-order chi connectivity index (χ0) is 11.6. The van der Waals surface area contributed by atoms with Crippen LogP contribution in [0.4, 0.5) is 0 Å². The number of nitrogens with zero attached hydrogens (tertiary/aromatic N) is 1. The van der Waals surface area contributed by atoms with Crippen molar-refractivity contribution in [3.63, 3.8) is 0 Å². The van der Waals surface area contributed by atoms with Crippen molar-refractivity contribution in [1.82, 2.24) is 0 Å². The number of hydrogen-bond donors (Lipinski definition) is 0. The molecule has 0 aromatic heterocycles. The second kappa shape index (κ2) is 4.21. The Morgan fingerprint density at radius 2 is 2.07 bits per heavy atom. The molecule has 0 bridgehead atoms. The third-order valence-electron chi connectivity index (χ3n) is 2.20. The molecule has 0 heterocycles. The number of aryl methyl sites for hydroxylation is 2. The maximum Gasteiger partial charge on any atom is 0.262 e. The van der Waals surface area contributed by atoms with E-state index in [2.05, 4.69) is 0 Å². The van der Waals surface area contributed by atoms with Gasteiger partial charge < -0.3 is 0 Å². The van der Waals surface area contributed by atoms with Gasteiger partial charge in [0.05, 0.1) is 5.56 Å². The molecular weight excluding hydrogens is 234 g/mol. The van der Waals surface area contributed by atoms with Crippen molar-refractivity contribution in [2.75, 3.05) is 0 Å². The molecule has 0 spiro atoms. The molecule has 15 heavy (non-hydrogen) atoms. The fourth-order valence-electron chi connectivity index (χ4n) is 1.40. The van der Waals surface area contributed by atoms with Crippen molar-refractivity contribution in [2.24, 2.45) is 0 Å². The van der Waals surface area contributed by atoms with Crippen LogP contribution in [0, 0.1) is 18.3 Å². The quantitative estimate of drug-likeness (QED) is 0.750. The highest BCUT2D eigenvalue weighted by molar-refractivity contribution is 8.13. The summed E-state index contributed by atoms with van der Waals surface area (Å²) in [6.07, 6.45) is 0.705. The second-order valence-electron chi connectivity index (χ2n) is 3.18. The van der Waals surface area contributed by atoms with Crippen molar-refractivity contribution < 1.29 is 8.42 Å². The van der Waals surface area contributed by atoms with Gasteiger partial charge in [0.1, 0.15) is 11.0 Å². The lowest BCUT2D eigenvalue weighted by Crippen LogP contribution is -1.99. The van der Waals surface area contributed by atoms with Crippen LogP contribution in [0.5, 0.6) is 0 Å². The van der Waals surface area contributed by atoms with Gasteiger partial charge in [-0.3, -0.25) is 0 Å². The summed E-state index contributed by atoms with van der Waals surface area (Å²) in [7, 11) is 1.40. The van der Waals surface area contributed by atoms with Crippen molar-refractivity contribution in [2.45, 2.75) is 25.2 Å². The second-order valence-corrected chi connectivity index (χ2v) is 5.71. The normalized spacial score (nSPS) is 11.1. The van der Waals surface area contributed by atoms with E-state index in [0.29, 0.717) is 6.42 Å². The molecule has 0 unspecified atom stereocenters. The summed E-state index contributed by atoms with van der Waals surface area (Å²) in [5.74, 6) is 0. The summed E-state index contributed by atoms with van der Waals surface area (Å²) in [6.45, 7) is 3.75. The zero-order valence-electron chi connectivity index (χ0n) is 8.41. The Balaban J connectivity index is 3.59. The third kappa shape index (κ3) is 2.49. The summed E-state index contributed by atoms with van der Waals surface area (Å²) in [5, 5.41) is 8.80. The molecule has 1 aromatic rings. The molecule has 0 atom stereocenters. The third-order valence-corrected chi connectivity index (χ3v) is 3.56. The minimum atomic E-state index is -3.85. The Morgan fingerprint density at radius 3 is 2.47 bits per heavy atom. The number of rotatable bonds is 2. The highest BCUT2D eigenvalue weighted by Gasteiger charge is 2.17. The molecule has 0 aliphatic heterocycles. The highest BCUT2D eigenvalue weighted by atomic mass is 35.7. The van der Waals surface area contributed by atoms with Crippen LogP contribution < -0.4 is 0 Å². The van der Waals surface area contributed by atoms with Gasteiger partial charge in [-0.25, -0.2) is 8.42 Å². The van der Waals surface area contributed by atoms with Crippen LogP contribution in [0.1, 0.15) is 23.6 Å². The van der Waals surface area contributed by atoms with Gasteiger partial charge in [-0.2, -0.15) is 5.26 Å². The lowest BCUT2D eigenvalue weighted by molar-refractivity contribution is 0.609. The van der Waals surface area contributed by atoms with Gasteiger partial charge >= 0.3 is 0 Å². The van der Waals surface area contributed by atoms with Crippen LogP contribution in [0.15, 0.2) is 17.0 Å². The summed E-state index contributed by atoms with van der Waals surface area (Å²) < 4.78 is 22.4. The Bertz CT molecular complexity index is 529. The van der Waals surface area contributed by atoms with E-state index in [1.54, 1.807) is 6.07 Å². The molecule has 1 aromatic carbocycles. The van der Waals surface area contributed by atoms with Gasteiger partial charge in [-0.05, 0) is 36.6 Å². The first kappa shape index (κ1) is 12.0. The molecule has 0 saturated carbocycles. The molecule has 1 rings (SSSR count). The van der Waals surface area contributed by atoms with Gasteiger partial charge in [-0.1, -0.05) is 6.92 Å². The van der Waals surface area contributed by atoms with Crippen LogP contribution in [-0.4, -0.2) is 8.42 Å². The smallest absolute Gasteiger partial charge is 0.207 e. The van der Waals surface area contributed by atoms with E-state index in [1.165, 1.54) is 6.07 Å². The predicted octanol–water partition coefficient (Wildman–Crippen LogP) is 2.36. The number of benzene rings is 1. The lowest BCUT2D eigenvalue weighted by atomic mass is 10.0. The Morgan fingerprint density at radius 1 is 1.47 bits per heavy atom. The average Bonchev–Trinajstić information content (AvgIpc) is 2.15. The van der Waals surface area contributed by atoms with Crippen LogP contribution in [0.3, 0.4) is 0 Å². The van der Waals surface area contributed by atoms with E-state index >= 15 is 0 Å². The van der Waals surface area contributed by atoms with Crippen LogP contribution >= 0.6 is 10.7 Å². The van der Waals surface area contributed by atoms with Crippen molar-refractivity contribution in [1.29, 1.82) is 5.26 Å². The molecule has 0 amide bonds. The van der Waals surface area contributed by atoms with Gasteiger partial charge in [0, 0.05) is 10.7 Å². The van der Waals surface area contributed by atoms with Crippen molar-refractivity contribution >= 4 is 19.7 Å². The van der Waals surface area contributed by atoms with E-state index in [0.717, 1.165) is 11.1 Å². The first-order chi connectivity index (χ1) is 6.90. The van der Waals surface area contributed by atoms with Gasteiger partial charge in [0.25, 0.3) is 9.05 Å². The lowest BCUT2D eigenvalue weighted by Gasteiger charge is -2.06. The Labute approximate surface area is 93.7 Å². The maximum atomic E-state index is 11.2. The van der Waals surface area contributed by atoms with E-state index in [9.17, 15) is 8.42 Å². The number of halogens is 1. The minimum absolute atomic E-state index is 0.0969. The summed E-state index contributed by atoms with van der Waals surface area (Å²) >= 11 is 0. The Kier molecular flexibility index (Phi) is 3.38. The highest BCUT2D eigenvalue weighted by Crippen LogP contribution is 2.23. The van der Waals surface area contributed by atoms with Crippen LogP contribution in [0.25, 0.3) is 0 Å². The van der Waals surface area contributed by atoms with E-state index in [4.69, 9.17) is 15.9 Å². The zero-order valence-corrected chi connectivity index (χ0v) is 9.98. The number of nitriles is 1. The largest absolute Gasteiger partial charge is 0.262 e. The first-order valence-electron chi connectivity index (χ1n) is 4.38. The SMILES string of the molecule is CCc1cc(S(=O)(=O)Cl)c(C#N)cc1C. The fourth-order valence-corrected chi connectivity index (χ4v) is 2.43. The van der Waals surface area contributed by atoms with Gasteiger partial charge in [0.15, 0.2) is 0 Å². The molecule has 3 nitrogen and oxygen atoms in total. The molecule has 0 fully saturated rings. The first-order valence-corrected chi connectivity index (χ1v) is 6.69. The predicted molar refractivity (Wildman–Crippen MR) is 58.3 cm³/mol.